The number of nitrogens with zero attached hydrogens (tertiary/aromatic N) is 3. The van der Waals surface area contributed by atoms with Crippen molar-refractivity contribution in [3.05, 3.63) is 77.2 Å². The van der Waals surface area contributed by atoms with Crippen LogP contribution in [-0.2, 0) is 13.7 Å². The zero-order valence-electron chi connectivity index (χ0n) is 13.9. The van der Waals surface area contributed by atoms with E-state index in [4.69, 9.17) is 10.00 Å². The molecule has 0 saturated carbocycles. The maximum absolute atomic E-state index is 13.0. The Morgan fingerprint density at radius 2 is 2.00 bits per heavy atom. The third-order valence-corrected chi connectivity index (χ3v) is 3.73. The molecule has 6 nitrogen and oxygen atoms in total. The fraction of sp³-hybridized carbons (Fsp3) is 0.105. The molecule has 3 aromatic rings. The first kappa shape index (κ1) is 17.2. The summed E-state index contributed by atoms with van der Waals surface area (Å²) in [5, 5.41) is 15.7. The molecular formula is C19H15FN4O2. The Hall–Kier alpha value is -3.66. The van der Waals surface area contributed by atoms with Gasteiger partial charge in [0.1, 0.15) is 35.6 Å². The number of benzene rings is 2. The summed E-state index contributed by atoms with van der Waals surface area (Å²) in [6.07, 6.45) is 1.38. The molecule has 26 heavy (non-hydrogen) atoms. The second kappa shape index (κ2) is 7.49. The second-order valence-corrected chi connectivity index (χ2v) is 5.51. The summed E-state index contributed by atoms with van der Waals surface area (Å²) in [7, 11) is 1.63. The molecule has 0 aliphatic rings. The van der Waals surface area contributed by atoms with E-state index in [1.807, 2.05) is 6.07 Å². The lowest BCUT2D eigenvalue weighted by Gasteiger charge is -2.12. The smallest absolute Gasteiger partial charge is 0.260 e. The van der Waals surface area contributed by atoms with Crippen LogP contribution in [0.25, 0.3) is 0 Å². The standard InChI is InChI=1S/C19H15FN4O2/c1-24-18(14(10-21)11-22-24)23-19(25)16-4-2-3-5-17(16)26-12-13-6-8-15(20)9-7-13/h2-9,11H,12H2,1H3,(H,23,25). The highest BCUT2D eigenvalue weighted by Gasteiger charge is 2.16. The Morgan fingerprint density at radius 1 is 1.27 bits per heavy atom. The molecule has 0 radical (unpaired) electrons. The quantitative estimate of drug-likeness (QED) is 0.766. The third kappa shape index (κ3) is 3.70. The van der Waals surface area contributed by atoms with Crippen LogP contribution in [0.15, 0.2) is 54.7 Å². The Balaban J connectivity index is 1.78. The van der Waals surface area contributed by atoms with E-state index in [0.29, 0.717) is 17.1 Å². The SMILES string of the molecule is Cn1ncc(C#N)c1NC(=O)c1ccccc1OCc1ccc(F)cc1. The Labute approximate surface area is 149 Å². The number of anilines is 1. The van der Waals surface area contributed by atoms with Gasteiger partial charge in [0.25, 0.3) is 5.91 Å². The molecule has 0 fully saturated rings. The average molecular weight is 350 g/mol. The van der Waals surface area contributed by atoms with E-state index in [0.717, 1.165) is 5.56 Å². The van der Waals surface area contributed by atoms with Crippen molar-refractivity contribution in [1.82, 2.24) is 9.78 Å². The van der Waals surface area contributed by atoms with Gasteiger partial charge in [0, 0.05) is 7.05 Å². The Morgan fingerprint density at radius 3 is 2.73 bits per heavy atom. The van der Waals surface area contributed by atoms with Crippen molar-refractivity contribution in [2.45, 2.75) is 6.61 Å². The van der Waals surface area contributed by atoms with E-state index >= 15 is 0 Å². The molecule has 1 aromatic heterocycles. The monoisotopic (exact) mass is 350 g/mol. The fourth-order valence-electron chi connectivity index (χ4n) is 2.36. The van der Waals surface area contributed by atoms with Crippen molar-refractivity contribution in [2.24, 2.45) is 7.05 Å². The molecule has 0 unspecified atom stereocenters. The first-order valence-electron chi connectivity index (χ1n) is 7.78. The Bertz CT molecular complexity index is 974. The van der Waals surface area contributed by atoms with Crippen LogP contribution in [0.2, 0.25) is 0 Å². The lowest BCUT2D eigenvalue weighted by molar-refractivity contribution is 0.102. The van der Waals surface area contributed by atoms with Gasteiger partial charge in [0.05, 0.1) is 11.8 Å². The van der Waals surface area contributed by atoms with Gasteiger partial charge in [-0.1, -0.05) is 24.3 Å². The lowest BCUT2D eigenvalue weighted by atomic mass is 10.2. The van der Waals surface area contributed by atoms with Crippen LogP contribution in [0, 0.1) is 17.1 Å². The molecule has 1 amide bonds. The molecule has 0 bridgehead atoms. The molecule has 3 rings (SSSR count). The molecule has 1 N–H and O–H groups in total. The molecule has 130 valence electrons. The van der Waals surface area contributed by atoms with Crippen LogP contribution in [0.3, 0.4) is 0 Å². The number of nitrogens with one attached hydrogen (secondary N) is 1. The summed E-state index contributed by atoms with van der Waals surface area (Å²) in [5.74, 6) is -0.0429. The third-order valence-electron chi connectivity index (χ3n) is 3.73. The van der Waals surface area contributed by atoms with Crippen LogP contribution in [0.4, 0.5) is 10.2 Å². The summed E-state index contributed by atoms with van der Waals surface area (Å²) in [6.45, 7) is 0.194. The number of carbonyl (C=O) groups is 1. The van der Waals surface area contributed by atoms with Gasteiger partial charge in [-0.3, -0.25) is 9.48 Å². The molecule has 2 aromatic carbocycles. The van der Waals surface area contributed by atoms with Gasteiger partial charge in [-0.25, -0.2) is 4.39 Å². The van der Waals surface area contributed by atoms with Crippen LogP contribution in [0.5, 0.6) is 5.75 Å². The van der Waals surface area contributed by atoms with Gasteiger partial charge in [-0.2, -0.15) is 10.4 Å². The van der Waals surface area contributed by atoms with E-state index in [9.17, 15) is 9.18 Å². The van der Waals surface area contributed by atoms with Crippen molar-refractivity contribution in [1.29, 1.82) is 5.26 Å². The summed E-state index contributed by atoms with van der Waals surface area (Å²) in [4.78, 5) is 12.6. The first-order valence-corrected chi connectivity index (χ1v) is 7.78. The highest BCUT2D eigenvalue weighted by molar-refractivity contribution is 6.06. The summed E-state index contributed by atoms with van der Waals surface area (Å²) < 4.78 is 20.1. The number of ether oxygens (including phenoxy) is 1. The van der Waals surface area contributed by atoms with E-state index < -0.39 is 5.91 Å². The number of nitriles is 1. The number of hydrogen-bond donors (Lipinski definition) is 1. The largest absolute Gasteiger partial charge is 0.488 e. The van der Waals surface area contributed by atoms with Crippen LogP contribution < -0.4 is 10.1 Å². The second-order valence-electron chi connectivity index (χ2n) is 5.51. The summed E-state index contributed by atoms with van der Waals surface area (Å²) >= 11 is 0. The van der Waals surface area contributed by atoms with Crippen LogP contribution in [0.1, 0.15) is 21.5 Å². The minimum Gasteiger partial charge on any atom is -0.488 e. The number of rotatable bonds is 5. The lowest BCUT2D eigenvalue weighted by Crippen LogP contribution is -2.16. The topological polar surface area (TPSA) is 79.9 Å². The van der Waals surface area contributed by atoms with Crippen LogP contribution in [-0.4, -0.2) is 15.7 Å². The minimum atomic E-state index is -0.417. The highest BCUT2D eigenvalue weighted by Crippen LogP contribution is 2.22. The average Bonchev–Trinajstić information content (AvgIpc) is 3.01. The highest BCUT2D eigenvalue weighted by atomic mass is 19.1. The number of halogens is 1. The summed E-state index contributed by atoms with van der Waals surface area (Å²) in [6, 6.07) is 14.7. The van der Waals surface area contributed by atoms with E-state index in [1.165, 1.54) is 23.0 Å². The Kier molecular flexibility index (Phi) is 4.94. The van der Waals surface area contributed by atoms with Gasteiger partial charge in [0.15, 0.2) is 0 Å². The fourth-order valence-corrected chi connectivity index (χ4v) is 2.36. The zero-order valence-corrected chi connectivity index (χ0v) is 13.9. The van der Waals surface area contributed by atoms with Crippen molar-refractivity contribution >= 4 is 11.7 Å². The van der Waals surface area contributed by atoms with Crippen LogP contribution >= 0.6 is 0 Å². The maximum Gasteiger partial charge on any atom is 0.260 e. The number of aromatic nitrogens is 2. The molecule has 0 spiro atoms. The molecule has 0 aliphatic carbocycles. The van der Waals surface area contributed by atoms with Crippen molar-refractivity contribution in [2.75, 3.05) is 5.32 Å². The van der Waals surface area contributed by atoms with Gasteiger partial charge < -0.3 is 10.1 Å². The van der Waals surface area contributed by atoms with Gasteiger partial charge >= 0.3 is 0 Å². The van der Waals surface area contributed by atoms with Crippen molar-refractivity contribution in [3.63, 3.8) is 0 Å². The molecule has 0 atom stereocenters. The number of aryl methyl sites for hydroxylation is 1. The van der Waals surface area contributed by atoms with Crippen molar-refractivity contribution in [3.8, 4) is 11.8 Å². The van der Waals surface area contributed by atoms with Gasteiger partial charge in [0.2, 0.25) is 0 Å². The predicted octanol–water partition coefficient (Wildman–Crippen LogP) is 3.26. The number of carbonyl (C=O) groups excluding carboxylic acids is 1. The van der Waals surface area contributed by atoms with E-state index in [2.05, 4.69) is 10.4 Å². The summed E-state index contributed by atoms with van der Waals surface area (Å²) in [5.41, 5.74) is 1.37. The van der Waals surface area contributed by atoms with Gasteiger partial charge in [-0.05, 0) is 29.8 Å². The van der Waals surface area contributed by atoms with E-state index in [1.54, 1.807) is 43.4 Å². The molecular weight excluding hydrogens is 335 g/mol. The maximum atomic E-state index is 13.0. The number of hydrogen-bond acceptors (Lipinski definition) is 4. The van der Waals surface area contributed by atoms with Gasteiger partial charge in [-0.15, -0.1) is 0 Å². The number of amides is 1. The normalized spacial score (nSPS) is 10.2. The molecule has 0 saturated heterocycles. The van der Waals surface area contributed by atoms with E-state index in [-0.39, 0.29) is 18.0 Å². The predicted molar refractivity (Wildman–Crippen MR) is 93.1 cm³/mol. The molecule has 1 heterocycles. The number of para-hydroxylation sites is 1. The van der Waals surface area contributed by atoms with Crippen molar-refractivity contribution < 1.29 is 13.9 Å². The minimum absolute atomic E-state index is 0.194. The first-order chi connectivity index (χ1) is 12.6. The zero-order chi connectivity index (χ0) is 18.5. The molecule has 7 heteroatoms. The molecule has 0 aliphatic heterocycles.